The number of nitriles is 1. The van der Waals surface area contributed by atoms with Gasteiger partial charge in [0.05, 0.1) is 38.3 Å². The molecule has 1 heterocycles. The first-order valence-corrected chi connectivity index (χ1v) is 7.81. The van der Waals surface area contributed by atoms with Crippen molar-refractivity contribution in [3.8, 4) is 34.7 Å². The summed E-state index contributed by atoms with van der Waals surface area (Å²) in [6, 6.07) is 12.4. The van der Waals surface area contributed by atoms with Crippen molar-refractivity contribution in [2.24, 2.45) is 0 Å². The third-order valence-electron chi connectivity index (χ3n) is 4.01. The molecule has 0 saturated heterocycles. The summed E-state index contributed by atoms with van der Waals surface area (Å²) < 4.78 is 17.4. The Kier molecular flexibility index (Phi) is 4.76. The van der Waals surface area contributed by atoms with Gasteiger partial charge in [-0.3, -0.25) is 9.36 Å². The Morgan fingerprint density at radius 3 is 2.31 bits per heavy atom. The number of rotatable bonds is 5. The SMILES string of the molecule is COc1cc(-c2nc3ccccc3c(=O)n2CC#N)cc(OC)c1OC. The third kappa shape index (κ3) is 2.82. The van der Waals surface area contributed by atoms with Crippen molar-refractivity contribution in [1.29, 1.82) is 5.26 Å². The predicted octanol–water partition coefficient (Wildman–Crippen LogP) is 2.61. The van der Waals surface area contributed by atoms with Crippen LogP contribution < -0.4 is 19.8 Å². The lowest BCUT2D eigenvalue weighted by Crippen LogP contribution is -2.23. The molecule has 0 radical (unpaired) electrons. The molecule has 1 aromatic heterocycles. The maximum absolute atomic E-state index is 12.8. The van der Waals surface area contributed by atoms with Gasteiger partial charge in [-0.1, -0.05) is 12.1 Å². The zero-order valence-electron chi connectivity index (χ0n) is 14.6. The Balaban J connectivity index is 2.36. The van der Waals surface area contributed by atoms with E-state index in [9.17, 15) is 4.79 Å². The van der Waals surface area contributed by atoms with Gasteiger partial charge in [0.15, 0.2) is 11.5 Å². The van der Waals surface area contributed by atoms with Crippen LogP contribution in [-0.2, 0) is 6.54 Å². The second-order valence-electron chi connectivity index (χ2n) is 5.42. The molecule has 0 N–H and O–H groups in total. The molecule has 0 spiro atoms. The van der Waals surface area contributed by atoms with Crippen molar-refractivity contribution in [1.82, 2.24) is 9.55 Å². The van der Waals surface area contributed by atoms with E-state index in [1.165, 1.54) is 25.9 Å². The average Bonchev–Trinajstić information content (AvgIpc) is 2.68. The molecule has 3 rings (SSSR count). The average molecular weight is 351 g/mol. The summed E-state index contributed by atoms with van der Waals surface area (Å²) in [5.41, 5.74) is 0.856. The Hall–Kier alpha value is -3.53. The van der Waals surface area contributed by atoms with Crippen LogP contribution in [0.5, 0.6) is 17.2 Å². The van der Waals surface area contributed by atoms with E-state index < -0.39 is 0 Å². The molecule has 3 aromatic rings. The Morgan fingerprint density at radius 2 is 1.73 bits per heavy atom. The van der Waals surface area contributed by atoms with Crippen molar-refractivity contribution in [2.45, 2.75) is 6.54 Å². The second kappa shape index (κ2) is 7.15. The monoisotopic (exact) mass is 351 g/mol. The van der Waals surface area contributed by atoms with Crippen LogP contribution in [0.3, 0.4) is 0 Å². The van der Waals surface area contributed by atoms with Crippen LogP contribution in [0.2, 0.25) is 0 Å². The molecule has 0 bridgehead atoms. The van der Waals surface area contributed by atoms with Gasteiger partial charge < -0.3 is 14.2 Å². The van der Waals surface area contributed by atoms with Gasteiger partial charge in [-0.05, 0) is 24.3 Å². The molecule has 0 saturated carbocycles. The first kappa shape index (κ1) is 17.3. The highest BCUT2D eigenvalue weighted by atomic mass is 16.5. The maximum atomic E-state index is 12.8. The highest BCUT2D eigenvalue weighted by Gasteiger charge is 2.18. The predicted molar refractivity (Wildman–Crippen MR) is 96.7 cm³/mol. The van der Waals surface area contributed by atoms with Crippen LogP contribution in [0.25, 0.3) is 22.3 Å². The van der Waals surface area contributed by atoms with Crippen LogP contribution in [0.1, 0.15) is 0 Å². The summed E-state index contributed by atoms with van der Waals surface area (Å²) in [6.07, 6.45) is 0. The lowest BCUT2D eigenvalue weighted by molar-refractivity contribution is 0.324. The molecule has 2 aromatic carbocycles. The Morgan fingerprint density at radius 1 is 1.08 bits per heavy atom. The van der Waals surface area contributed by atoms with Crippen LogP contribution in [0, 0.1) is 11.3 Å². The van der Waals surface area contributed by atoms with Gasteiger partial charge >= 0.3 is 0 Å². The Bertz CT molecular complexity index is 1040. The summed E-state index contributed by atoms with van der Waals surface area (Å²) in [5, 5.41) is 9.62. The molecule has 7 nitrogen and oxygen atoms in total. The highest BCUT2D eigenvalue weighted by Crippen LogP contribution is 2.40. The number of hydrogen-bond donors (Lipinski definition) is 0. The van der Waals surface area contributed by atoms with Crippen LogP contribution in [-0.4, -0.2) is 30.9 Å². The molecule has 0 atom stereocenters. The van der Waals surface area contributed by atoms with E-state index in [2.05, 4.69) is 4.98 Å². The fraction of sp³-hybridized carbons (Fsp3) is 0.211. The summed E-state index contributed by atoms with van der Waals surface area (Å²) in [7, 11) is 4.54. The minimum atomic E-state index is -0.277. The van der Waals surface area contributed by atoms with E-state index >= 15 is 0 Å². The van der Waals surface area contributed by atoms with E-state index in [0.717, 1.165) is 0 Å². The molecule has 132 valence electrons. The fourth-order valence-corrected chi connectivity index (χ4v) is 2.82. The van der Waals surface area contributed by atoms with Gasteiger partial charge in [-0.15, -0.1) is 0 Å². The highest BCUT2D eigenvalue weighted by molar-refractivity contribution is 5.80. The van der Waals surface area contributed by atoms with Crippen LogP contribution in [0.4, 0.5) is 0 Å². The van der Waals surface area contributed by atoms with Gasteiger partial charge in [-0.25, -0.2) is 4.98 Å². The molecular formula is C19H17N3O4. The molecule has 0 aliphatic rings. The van der Waals surface area contributed by atoms with Crippen molar-refractivity contribution >= 4 is 10.9 Å². The third-order valence-corrected chi connectivity index (χ3v) is 4.01. The molecule has 0 unspecified atom stereocenters. The minimum absolute atomic E-state index is 0.122. The molecule has 0 fully saturated rings. The molecule has 0 aliphatic heterocycles. The quantitative estimate of drug-likeness (QED) is 0.702. The summed E-state index contributed by atoms with van der Waals surface area (Å²) >= 11 is 0. The first-order valence-electron chi connectivity index (χ1n) is 7.81. The lowest BCUT2D eigenvalue weighted by Gasteiger charge is -2.16. The number of nitrogens with zero attached hydrogens (tertiary/aromatic N) is 3. The molecule has 0 aliphatic carbocycles. The van der Waals surface area contributed by atoms with E-state index in [1.807, 2.05) is 12.1 Å². The fourth-order valence-electron chi connectivity index (χ4n) is 2.82. The minimum Gasteiger partial charge on any atom is -0.493 e. The molecule has 7 heteroatoms. The lowest BCUT2D eigenvalue weighted by atomic mass is 10.1. The van der Waals surface area contributed by atoms with Gasteiger partial charge in [0.1, 0.15) is 12.4 Å². The zero-order chi connectivity index (χ0) is 18.7. The van der Waals surface area contributed by atoms with E-state index in [4.69, 9.17) is 19.5 Å². The smallest absolute Gasteiger partial charge is 0.262 e. The van der Waals surface area contributed by atoms with E-state index in [0.29, 0.717) is 39.5 Å². The second-order valence-corrected chi connectivity index (χ2v) is 5.42. The van der Waals surface area contributed by atoms with Crippen LogP contribution >= 0.6 is 0 Å². The number of hydrogen-bond acceptors (Lipinski definition) is 6. The number of fused-ring (bicyclic) bond motifs is 1. The van der Waals surface area contributed by atoms with Crippen molar-refractivity contribution in [2.75, 3.05) is 21.3 Å². The maximum Gasteiger partial charge on any atom is 0.262 e. The number of para-hydroxylation sites is 1. The molecule has 0 amide bonds. The van der Waals surface area contributed by atoms with Crippen molar-refractivity contribution in [3.05, 3.63) is 46.8 Å². The van der Waals surface area contributed by atoms with E-state index in [-0.39, 0.29) is 12.1 Å². The topological polar surface area (TPSA) is 86.4 Å². The normalized spacial score (nSPS) is 10.4. The summed E-state index contributed by atoms with van der Waals surface area (Å²) in [6.45, 7) is -0.122. The van der Waals surface area contributed by atoms with Gasteiger partial charge in [0, 0.05) is 5.56 Å². The Labute approximate surface area is 150 Å². The summed E-state index contributed by atoms with van der Waals surface area (Å²) in [4.78, 5) is 17.4. The van der Waals surface area contributed by atoms with Gasteiger partial charge in [-0.2, -0.15) is 5.26 Å². The van der Waals surface area contributed by atoms with Crippen LogP contribution in [0.15, 0.2) is 41.2 Å². The zero-order valence-corrected chi connectivity index (χ0v) is 14.6. The number of ether oxygens (including phenoxy) is 3. The van der Waals surface area contributed by atoms with Crippen molar-refractivity contribution in [3.63, 3.8) is 0 Å². The number of aromatic nitrogens is 2. The van der Waals surface area contributed by atoms with E-state index in [1.54, 1.807) is 30.3 Å². The molecule has 26 heavy (non-hydrogen) atoms. The first-order chi connectivity index (χ1) is 12.6. The largest absolute Gasteiger partial charge is 0.493 e. The number of benzene rings is 2. The summed E-state index contributed by atoms with van der Waals surface area (Å²) in [5.74, 6) is 1.67. The van der Waals surface area contributed by atoms with Gasteiger partial charge in [0.2, 0.25) is 5.75 Å². The van der Waals surface area contributed by atoms with Gasteiger partial charge in [0.25, 0.3) is 5.56 Å². The van der Waals surface area contributed by atoms with Crippen molar-refractivity contribution < 1.29 is 14.2 Å². The number of methoxy groups -OCH3 is 3. The standard InChI is InChI=1S/C19H17N3O4/c1-24-15-10-12(11-16(25-2)17(15)26-3)18-21-14-7-5-4-6-13(14)19(23)22(18)9-8-20/h4-7,10-11H,9H2,1-3H3. The molecular weight excluding hydrogens is 334 g/mol.